The molecule has 0 atom stereocenters. The van der Waals surface area contributed by atoms with Crippen LogP contribution in [0.4, 0.5) is 0 Å². The molecule has 33 heavy (non-hydrogen) atoms. The smallest absolute Gasteiger partial charge is 0.278 e. The normalized spacial score (nSPS) is 12.4. The molecule has 0 bridgehead atoms. The van der Waals surface area contributed by atoms with Crippen LogP contribution >= 0.6 is 0 Å². The summed E-state index contributed by atoms with van der Waals surface area (Å²) in [6, 6.07) is 25.9. The molecule has 162 valence electrons. The van der Waals surface area contributed by atoms with Crippen LogP contribution in [0.25, 0.3) is 17.1 Å². The molecule has 6 rings (SSSR count). The van der Waals surface area contributed by atoms with Crippen molar-refractivity contribution < 1.29 is 9.47 Å². The van der Waals surface area contributed by atoms with Crippen molar-refractivity contribution in [3.63, 3.8) is 0 Å². The number of nitrogens with one attached hydrogen (secondary N) is 1. The van der Waals surface area contributed by atoms with Gasteiger partial charge in [0.25, 0.3) is 5.56 Å². The van der Waals surface area contributed by atoms with E-state index in [0.29, 0.717) is 30.1 Å². The van der Waals surface area contributed by atoms with E-state index in [1.807, 2.05) is 72.9 Å². The van der Waals surface area contributed by atoms with Crippen LogP contribution < -0.4 is 15.0 Å². The second-order valence-electron chi connectivity index (χ2n) is 8.10. The Kier molecular flexibility index (Phi) is 4.69. The van der Waals surface area contributed by atoms with Crippen LogP contribution in [0.5, 0.6) is 11.5 Å². The number of hydrogen-bond acceptors (Lipinski definition) is 4. The van der Waals surface area contributed by atoms with Gasteiger partial charge in [0.15, 0.2) is 17.3 Å². The van der Waals surface area contributed by atoms with Gasteiger partial charge in [-0.2, -0.15) is 0 Å². The molecule has 1 N–H and O–H groups in total. The lowest BCUT2D eigenvalue weighted by Gasteiger charge is -2.13. The molecule has 0 aromatic heterocycles. The molecule has 3 heterocycles. The molecule has 3 aromatic rings. The van der Waals surface area contributed by atoms with Crippen LogP contribution in [0.2, 0.25) is 0 Å². The highest BCUT2D eigenvalue weighted by molar-refractivity contribution is 5.60. The highest BCUT2D eigenvalue weighted by atomic mass is 16.7. The summed E-state index contributed by atoms with van der Waals surface area (Å²) in [5, 5.41) is 0. The monoisotopic (exact) mass is 435 g/mol. The van der Waals surface area contributed by atoms with Crippen LogP contribution in [0, 0.1) is 0 Å². The van der Waals surface area contributed by atoms with E-state index in [4.69, 9.17) is 14.5 Å². The minimum atomic E-state index is -0.108. The Labute approximate surface area is 190 Å². The van der Waals surface area contributed by atoms with Crippen LogP contribution in [0.15, 0.2) is 89.9 Å². The van der Waals surface area contributed by atoms with E-state index in [1.165, 1.54) is 0 Å². The Balaban J connectivity index is 1.45. The molecule has 3 aliphatic rings. The molecule has 6 nitrogen and oxygen atoms in total. The fraction of sp³-hybridized carbons (Fsp3) is 0.111. The molecule has 6 heteroatoms. The average molecular weight is 435 g/mol. The van der Waals surface area contributed by atoms with Gasteiger partial charge in [0, 0.05) is 19.0 Å². The molecule has 3 aromatic carbocycles. The zero-order chi connectivity index (χ0) is 22.2. The Bertz CT molecular complexity index is 1460. The Morgan fingerprint density at radius 2 is 1.61 bits per heavy atom. The predicted octanol–water partition coefficient (Wildman–Crippen LogP) is 4.58. The van der Waals surface area contributed by atoms with Crippen molar-refractivity contribution in [3.05, 3.63) is 118 Å². The maximum absolute atomic E-state index is 13.4. The first-order valence-corrected chi connectivity index (χ1v) is 10.9. The summed E-state index contributed by atoms with van der Waals surface area (Å²) in [7, 11) is 0. The van der Waals surface area contributed by atoms with Crippen LogP contribution in [0.1, 0.15) is 22.5 Å². The Morgan fingerprint density at radius 1 is 0.848 bits per heavy atom. The van der Waals surface area contributed by atoms with E-state index >= 15 is 0 Å². The molecule has 0 saturated heterocycles. The fourth-order valence-corrected chi connectivity index (χ4v) is 4.22. The van der Waals surface area contributed by atoms with E-state index < -0.39 is 0 Å². The van der Waals surface area contributed by atoms with Crippen molar-refractivity contribution >= 4 is 0 Å². The van der Waals surface area contributed by atoms with Crippen molar-refractivity contribution in [2.45, 2.75) is 12.8 Å². The zero-order valence-corrected chi connectivity index (χ0v) is 17.8. The van der Waals surface area contributed by atoms with Gasteiger partial charge in [-0.15, -0.1) is 0 Å². The van der Waals surface area contributed by atoms with E-state index in [0.717, 1.165) is 33.8 Å². The summed E-state index contributed by atoms with van der Waals surface area (Å²) in [4.78, 5) is 21.7. The standard InChI is InChI=1S/C27H21N3O3/c31-27-22(14-19-11-12-24-25(15-19)33-17-32-24)29-26-21(13-18-7-3-1-4-8-18)28-23(16-30(26)27)20-9-5-2-6-10-20/h1-12,15-16,28H,13-14,17H2. The largest absolute Gasteiger partial charge is 0.454 e. The van der Waals surface area contributed by atoms with E-state index in [-0.39, 0.29) is 12.4 Å². The number of nitrogens with zero attached hydrogens (tertiary/aromatic N) is 2. The van der Waals surface area contributed by atoms with Gasteiger partial charge in [0.2, 0.25) is 6.79 Å². The van der Waals surface area contributed by atoms with Gasteiger partial charge in [0.05, 0.1) is 11.4 Å². The molecule has 0 radical (unpaired) electrons. The van der Waals surface area contributed by atoms with E-state index in [2.05, 4.69) is 17.1 Å². The van der Waals surface area contributed by atoms with Gasteiger partial charge < -0.3 is 14.5 Å². The van der Waals surface area contributed by atoms with Gasteiger partial charge >= 0.3 is 0 Å². The number of aromatic amines is 1. The number of H-pyrrole nitrogens is 1. The molecule has 0 fully saturated rings. The highest BCUT2D eigenvalue weighted by Crippen LogP contribution is 2.33. The summed E-state index contributed by atoms with van der Waals surface area (Å²) in [5.41, 5.74) is 5.28. The molecule has 0 spiro atoms. The van der Waals surface area contributed by atoms with Crippen LogP contribution in [-0.4, -0.2) is 21.3 Å². The number of fused-ring (bicyclic) bond motifs is 2. The SMILES string of the molecule is O=c1c(Cc2ccc3c(c2)OCO3)nc2c(Cc3ccccc3)[nH]c(-c3ccccc3)cn1-2. The summed E-state index contributed by atoms with van der Waals surface area (Å²) < 4.78 is 12.5. The molecule has 3 aliphatic heterocycles. The third kappa shape index (κ3) is 3.65. The van der Waals surface area contributed by atoms with Crippen molar-refractivity contribution in [3.8, 4) is 28.6 Å². The fourth-order valence-electron chi connectivity index (χ4n) is 4.22. The Hall–Kier alpha value is -4.32. The first-order valence-electron chi connectivity index (χ1n) is 10.9. The molecule has 0 amide bonds. The lowest BCUT2D eigenvalue weighted by molar-refractivity contribution is 0.174. The average Bonchev–Trinajstić information content (AvgIpc) is 3.45. The third-order valence-electron chi connectivity index (χ3n) is 5.87. The summed E-state index contributed by atoms with van der Waals surface area (Å²) in [6.45, 7) is 0.223. The topological polar surface area (TPSA) is 69.1 Å². The summed E-state index contributed by atoms with van der Waals surface area (Å²) in [5.74, 6) is 2.08. The molecule has 0 unspecified atom stereocenters. The minimum Gasteiger partial charge on any atom is -0.454 e. The number of aromatic nitrogens is 3. The lowest BCUT2D eigenvalue weighted by Crippen LogP contribution is -2.17. The number of ether oxygens (including phenoxy) is 2. The van der Waals surface area contributed by atoms with Crippen molar-refractivity contribution in [1.82, 2.24) is 14.5 Å². The second-order valence-corrected chi connectivity index (χ2v) is 8.10. The quantitative estimate of drug-likeness (QED) is 0.439. The number of benzene rings is 3. The highest BCUT2D eigenvalue weighted by Gasteiger charge is 2.21. The first-order chi connectivity index (χ1) is 16.2. The first kappa shape index (κ1) is 19.4. The van der Waals surface area contributed by atoms with Gasteiger partial charge in [0.1, 0.15) is 5.69 Å². The van der Waals surface area contributed by atoms with Gasteiger partial charge in [-0.3, -0.25) is 9.36 Å². The maximum Gasteiger partial charge on any atom is 0.278 e. The van der Waals surface area contributed by atoms with Crippen molar-refractivity contribution in [2.75, 3.05) is 6.79 Å². The zero-order valence-electron chi connectivity index (χ0n) is 17.8. The minimum absolute atomic E-state index is 0.108. The summed E-state index contributed by atoms with van der Waals surface area (Å²) in [6.07, 6.45) is 2.91. The number of rotatable bonds is 5. The van der Waals surface area contributed by atoms with Gasteiger partial charge in [-0.25, -0.2) is 4.98 Å². The predicted molar refractivity (Wildman–Crippen MR) is 125 cm³/mol. The lowest BCUT2D eigenvalue weighted by atomic mass is 10.1. The van der Waals surface area contributed by atoms with Crippen LogP contribution in [0.3, 0.4) is 0 Å². The molecule has 0 aliphatic carbocycles. The number of hydrogen-bond donors (Lipinski definition) is 1. The van der Waals surface area contributed by atoms with E-state index in [1.54, 1.807) is 4.57 Å². The number of imidazole rings is 1. The van der Waals surface area contributed by atoms with Crippen LogP contribution in [-0.2, 0) is 12.8 Å². The second kappa shape index (κ2) is 7.98. The third-order valence-corrected chi connectivity index (χ3v) is 5.87. The van der Waals surface area contributed by atoms with Gasteiger partial charge in [-0.05, 0) is 28.8 Å². The molecular formula is C27H21N3O3. The van der Waals surface area contributed by atoms with E-state index in [9.17, 15) is 4.79 Å². The van der Waals surface area contributed by atoms with Crippen molar-refractivity contribution in [2.24, 2.45) is 0 Å². The molecular weight excluding hydrogens is 414 g/mol. The summed E-state index contributed by atoms with van der Waals surface area (Å²) >= 11 is 0. The van der Waals surface area contributed by atoms with Crippen molar-refractivity contribution in [1.29, 1.82) is 0 Å². The maximum atomic E-state index is 13.4. The molecule has 0 saturated carbocycles. The van der Waals surface area contributed by atoms with Gasteiger partial charge in [-0.1, -0.05) is 66.7 Å². The Morgan fingerprint density at radius 3 is 2.42 bits per heavy atom.